The summed E-state index contributed by atoms with van der Waals surface area (Å²) in [5.41, 5.74) is 8.01. The number of fused-ring (bicyclic) bond motifs is 1. The van der Waals surface area contributed by atoms with Crippen molar-refractivity contribution in [3.8, 4) is 11.8 Å². The molecule has 2 fully saturated rings. The average molecular weight is 421 g/mol. The molecule has 1 saturated heterocycles. The fourth-order valence-corrected chi connectivity index (χ4v) is 5.22. The number of imidazole rings is 1. The topological polar surface area (TPSA) is 53.1 Å². The van der Waals surface area contributed by atoms with Crippen LogP contribution in [0.3, 0.4) is 0 Å². The van der Waals surface area contributed by atoms with Gasteiger partial charge in [-0.05, 0) is 73.7 Å². The Hall–Kier alpha value is -3.16. The first kappa shape index (κ1) is 19.5. The van der Waals surface area contributed by atoms with Crippen LogP contribution in [0.5, 0.6) is 0 Å². The van der Waals surface area contributed by atoms with E-state index < -0.39 is 0 Å². The highest BCUT2D eigenvalue weighted by atomic mass is 15.0. The van der Waals surface area contributed by atoms with E-state index in [-0.39, 0.29) is 0 Å². The summed E-state index contributed by atoms with van der Waals surface area (Å²) < 4.78 is 0. The number of allylic oxidation sites excluding steroid dienone is 1. The Morgan fingerprint density at radius 3 is 2.50 bits per heavy atom. The van der Waals surface area contributed by atoms with Crippen LogP contribution in [0.4, 0.5) is 0 Å². The molecule has 3 aliphatic rings. The first-order valence-corrected chi connectivity index (χ1v) is 11.9. The minimum atomic E-state index is 0.468. The third kappa shape index (κ3) is 3.89. The van der Waals surface area contributed by atoms with Crippen LogP contribution in [0.25, 0.3) is 16.6 Å². The van der Waals surface area contributed by atoms with Crippen molar-refractivity contribution >= 4 is 22.3 Å². The molecule has 1 saturated carbocycles. The van der Waals surface area contributed by atoms with Gasteiger partial charge < -0.3 is 10.3 Å². The maximum Gasteiger partial charge on any atom is 0.110 e. The summed E-state index contributed by atoms with van der Waals surface area (Å²) in [6, 6.07) is 15.3. The Bertz CT molecular complexity index is 1250. The molecule has 2 aliphatic heterocycles. The van der Waals surface area contributed by atoms with Gasteiger partial charge in [0.1, 0.15) is 5.82 Å². The maximum atomic E-state index is 4.81. The van der Waals surface area contributed by atoms with Crippen molar-refractivity contribution in [3.05, 3.63) is 71.2 Å². The molecule has 6 rings (SSSR count). The van der Waals surface area contributed by atoms with Crippen LogP contribution in [0, 0.1) is 11.8 Å². The zero-order valence-electron chi connectivity index (χ0n) is 18.3. The van der Waals surface area contributed by atoms with Gasteiger partial charge >= 0.3 is 0 Å². The fraction of sp³-hybridized carbons (Fsp3) is 0.357. The van der Waals surface area contributed by atoms with Crippen LogP contribution < -0.4 is 5.32 Å². The second kappa shape index (κ2) is 8.41. The third-order valence-corrected chi connectivity index (χ3v) is 7.07. The summed E-state index contributed by atoms with van der Waals surface area (Å²) >= 11 is 0. The second-order valence-corrected chi connectivity index (χ2v) is 9.26. The van der Waals surface area contributed by atoms with Crippen molar-refractivity contribution in [2.24, 2.45) is 4.99 Å². The SMILES string of the molecule is C(#Cc1ccc2nc(C3CCCC3)[nH]c2c1)c1ccc(C2=CN=C([C@@H]3CCCN3)C2)cc1. The summed E-state index contributed by atoms with van der Waals surface area (Å²) in [5.74, 6) is 8.39. The number of benzene rings is 2. The number of aromatic amines is 1. The Kier molecular flexibility index (Phi) is 5.13. The molecule has 4 heteroatoms. The van der Waals surface area contributed by atoms with Gasteiger partial charge in [-0.25, -0.2) is 4.98 Å². The number of hydrogen-bond donors (Lipinski definition) is 2. The zero-order chi connectivity index (χ0) is 21.3. The summed E-state index contributed by atoms with van der Waals surface area (Å²) in [6.07, 6.45) is 10.6. The molecule has 0 unspecified atom stereocenters. The largest absolute Gasteiger partial charge is 0.342 e. The normalized spacial score (nSPS) is 20.9. The second-order valence-electron chi connectivity index (χ2n) is 9.26. The minimum absolute atomic E-state index is 0.468. The average Bonchev–Trinajstić information content (AvgIpc) is 3.63. The van der Waals surface area contributed by atoms with Crippen molar-refractivity contribution in [3.63, 3.8) is 0 Å². The molecule has 3 heterocycles. The highest BCUT2D eigenvalue weighted by Gasteiger charge is 2.23. The zero-order valence-corrected chi connectivity index (χ0v) is 18.3. The third-order valence-electron chi connectivity index (χ3n) is 7.07. The molecule has 0 spiro atoms. The van der Waals surface area contributed by atoms with E-state index in [9.17, 15) is 0 Å². The molecule has 1 atom stereocenters. The molecule has 3 aromatic rings. The standard InChI is InChI=1S/C28H28N4/c1-2-5-22(4-1)28-31-25-14-11-20(16-27(25)32-28)8-7-19-9-12-21(13-10-19)23-17-26(30-18-23)24-6-3-15-29-24/h9-14,16,18,22,24,29H,1-6,15,17H2,(H,31,32)/t24-/m0/s1. The van der Waals surface area contributed by atoms with Gasteiger partial charge in [0.25, 0.3) is 0 Å². The molecule has 1 aliphatic carbocycles. The maximum absolute atomic E-state index is 4.81. The number of rotatable bonds is 3. The van der Waals surface area contributed by atoms with E-state index in [0.29, 0.717) is 12.0 Å². The van der Waals surface area contributed by atoms with Crippen molar-refractivity contribution in [1.82, 2.24) is 15.3 Å². The molecular weight excluding hydrogens is 392 g/mol. The predicted molar refractivity (Wildman–Crippen MR) is 131 cm³/mol. The summed E-state index contributed by atoms with van der Waals surface area (Å²) in [5, 5.41) is 3.55. The van der Waals surface area contributed by atoms with E-state index >= 15 is 0 Å². The lowest BCUT2D eigenvalue weighted by Crippen LogP contribution is -2.29. The molecular formula is C28H28N4. The van der Waals surface area contributed by atoms with Gasteiger partial charge in [0.15, 0.2) is 0 Å². The first-order valence-electron chi connectivity index (χ1n) is 11.9. The Morgan fingerprint density at radius 1 is 0.875 bits per heavy atom. The first-order chi connectivity index (χ1) is 15.8. The van der Waals surface area contributed by atoms with Crippen molar-refractivity contribution in [2.45, 2.75) is 56.9 Å². The van der Waals surface area contributed by atoms with Gasteiger partial charge in [0, 0.05) is 41.4 Å². The van der Waals surface area contributed by atoms with Crippen LogP contribution in [-0.2, 0) is 0 Å². The lowest BCUT2D eigenvalue weighted by molar-refractivity contribution is 0.681. The summed E-state index contributed by atoms with van der Waals surface area (Å²) in [6.45, 7) is 1.11. The number of aliphatic imine (C=N–C) groups is 1. The van der Waals surface area contributed by atoms with Crippen LogP contribution in [0.1, 0.15) is 73.4 Å². The Morgan fingerprint density at radius 2 is 1.69 bits per heavy atom. The number of nitrogens with zero attached hydrogens (tertiary/aromatic N) is 2. The Balaban J connectivity index is 1.14. The number of hydrogen-bond acceptors (Lipinski definition) is 3. The van der Waals surface area contributed by atoms with Gasteiger partial charge in [-0.15, -0.1) is 0 Å². The minimum Gasteiger partial charge on any atom is -0.342 e. The smallest absolute Gasteiger partial charge is 0.110 e. The van der Waals surface area contributed by atoms with E-state index in [1.54, 1.807) is 0 Å². The summed E-state index contributed by atoms with van der Waals surface area (Å²) in [4.78, 5) is 13.0. The molecule has 32 heavy (non-hydrogen) atoms. The number of H-pyrrole nitrogens is 1. The highest BCUT2D eigenvalue weighted by Crippen LogP contribution is 2.33. The quantitative estimate of drug-likeness (QED) is 0.545. The monoisotopic (exact) mass is 420 g/mol. The van der Waals surface area contributed by atoms with Crippen molar-refractivity contribution < 1.29 is 0 Å². The van der Waals surface area contributed by atoms with Crippen LogP contribution in [-0.4, -0.2) is 28.3 Å². The van der Waals surface area contributed by atoms with E-state index in [4.69, 9.17) is 4.98 Å². The molecule has 0 radical (unpaired) electrons. The fourth-order valence-electron chi connectivity index (χ4n) is 5.22. The molecule has 160 valence electrons. The van der Waals surface area contributed by atoms with E-state index in [1.807, 2.05) is 6.20 Å². The molecule has 2 N–H and O–H groups in total. The van der Waals surface area contributed by atoms with Crippen LogP contribution in [0.15, 0.2) is 53.7 Å². The molecule has 1 aromatic heterocycles. The summed E-state index contributed by atoms with van der Waals surface area (Å²) in [7, 11) is 0. The van der Waals surface area contributed by atoms with Gasteiger partial charge in [-0.2, -0.15) is 0 Å². The van der Waals surface area contributed by atoms with Gasteiger partial charge in [0.2, 0.25) is 0 Å². The van der Waals surface area contributed by atoms with Gasteiger partial charge in [-0.1, -0.05) is 36.8 Å². The Labute approximate surface area is 189 Å². The molecule has 2 aromatic carbocycles. The van der Waals surface area contributed by atoms with Crippen molar-refractivity contribution in [1.29, 1.82) is 0 Å². The van der Waals surface area contributed by atoms with Gasteiger partial charge in [0.05, 0.1) is 11.0 Å². The lowest BCUT2D eigenvalue weighted by atomic mass is 9.98. The molecule has 0 bridgehead atoms. The molecule has 4 nitrogen and oxygen atoms in total. The van der Waals surface area contributed by atoms with Crippen LogP contribution >= 0.6 is 0 Å². The van der Waals surface area contributed by atoms with Gasteiger partial charge in [-0.3, -0.25) is 4.99 Å². The van der Waals surface area contributed by atoms with E-state index in [1.165, 1.54) is 55.4 Å². The molecule has 0 amide bonds. The predicted octanol–water partition coefficient (Wildman–Crippen LogP) is 5.56. The van der Waals surface area contributed by atoms with Crippen LogP contribution in [0.2, 0.25) is 0 Å². The number of aromatic nitrogens is 2. The lowest BCUT2D eigenvalue weighted by Gasteiger charge is -2.10. The van der Waals surface area contributed by atoms with E-state index in [0.717, 1.165) is 41.0 Å². The highest BCUT2D eigenvalue weighted by molar-refractivity contribution is 6.01. The van der Waals surface area contributed by atoms with Crippen molar-refractivity contribution in [2.75, 3.05) is 6.54 Å². The van der Waals surface area contributed by atoms with E-state index in [2.05, 4.69) is 69.6 Å². The number of nitrogens with one attached hydrogen (secondary N) is 2.